The van der Waals surface area contributed by atoms with Crippen LogP contribution in [0.4, 0.5) is 28.1 Å². The molecule has 0 bridgehead atoms. The minimum absolute atomic E-state index is 0.0558. The average Bonchev–Trinajstić information content (AvgIpc) is 3.09. The van der Waals surface area contributed by atoms with Crippen LogP contribution < -0.4 is 20.9 Å². The fourth-order valence-electron chi connectivity index (χ4n) is 4.29. The van der Waals surface area contributed by atoms with E-state index in [1.54, 1.807) is 10.9 Å². The van der Waals surface area contributed by atoms with E-state index < -0.39 is 0 Å². The Morgan fingerprint density at radius 1 is 1.16 bits per heavy atom. The van der Waals surface area contributed by atoms with E-state index in [2.05, 4.69) is 42.1 Å². The number of hydrogen-bond acceptors (Lipinski definition) is 8. The highest BCUT2D eigenvalue weighted by molar-refractivity contribution is 5.91. The SMILES string of the molecule is Cc1nc(N2CCC2)ccc1NC(=O)N1CCN(c2nc(N)nc3c2cnn3C)[C@@H](C)C1. The lowest BCUT2D eigenvalue weighted by molar-refractivity contribution is 0.200. The van der Waals surface area contributed by atoms with Gasteiger partial charge in [0, 0.05) is 45.8 Å². The lowest BCUT2D eigenvalue weighted by Gasteiger charge is -2.40. The molecule has 2 fully saturated rings. The minimum Gasteiger partial charge on any atom is -0.368 e. The second kappa shape index (κ2) is 7.81. The monoisotopic (exact) mass is 436 g/mol. The van der Waals surface area contributed by atoms with Gasteiger partial charge in [-0.05, 0) is 32.4 Å². The van der Waals surface area contributed by atoms with Crippen LogP contribution in [0.2, 0.25) is 0 Å². The van der Waals surface area contributed by atoms with Crippen LogP contribution in [-0.2, 0) is 7.05 Å². The fraction of sp³-hybridized carbons (Fsp3) is 0.476. The van der Waals surface area contributed by atoms with Crippen molar-refractivity contribution in [3.05, 3.63) is 24.0 Å². The number of nitrogens with one attached hydrogen (secondary N) is 1. The van der Waals surface area contributed by atoms with Crippen molar-refractivity contribution >= 4 is 40.3 Å². The number of aromatic nitrogens is 5. The predicted octanol–water partition coefficient (Wildman–Crippen LogP) is 1.60. The van der Waals surface area contributed by atoms with E-state index >= 15 is 0 Å². The molecule has 3 aromatic heterocycles. The van der Waals surface area contributed by atoms with E-state index in [1.165, 1.54) is 6.42 Å². The van der Waals surface area contributed by atoms with Crippen molar-refractivity contribution in [2.24, 2.45) is 7.05 Å². The van der Waals surface area contributed by atoms with Crippen LogP contribution in [0.3, 0.4) is 0 Å². The summed E-state index contributed by atoms with van der Waals surface area (Å²) in [7, 11) is 1.83. The van der Waals surface area contributed by atoms with E-state index in [0.29, 0.717) is 25.3 Å². The van der Waals surface area contributed by atoms with Gasteiger partial charge in [0.1, 0.15) is 11.6 Å². The van der Waals surface area contributed by atoms with Crippen molar-refractivity contribution in [3.63, 3.8) is 0 Å². The number of aryl methyl sites for hydroxylation is 2. The maximum atomic E-state index is 13.0. The molecule has 11 nitrogen and oxygen atoms in total. The number of nitrogens with zero attached hydrogens (tertiary/aromatic N) is 8. The minimum atomic E-state index is -0.119. The van der Waals surface area contributed by atoms with E-state index in [9.17, 15) is 4.79 Å². The van der Waals surface area contributed by atoms with Gasteiger partial charge in [0.2, 0.25) is 5.95 Å². The molecular weight excluding hydrogens is 408 g/mol. The summed E-state index contributed by atoms with van der Waals surface area (Å²) in [6, 6.07) is 3.85. The Bertz CT molecular complexity index is 1170. The van der Waals surface area contributed by atoms with Crippen LogP contribution in [0.5, 0.6) is 0 Å². The summed E-state index contributed by atoms with van der Waals surface area (Å²) in [6.45, 7) is 7.87. The molecule has 11 heteroatoms. The number of fused-ring (bicyclic) bond motifs is 1. The normalized spacial score (nSPS) is 18.7. The Balaban J connectivity index is 1.28. The first-order valence-electron chi connectivity index (χ1n) is 10.9. The summed E-state index contributed by atoms with van der Waals surface area (Å²) in [5.74, 6) is 1.95. The number of rotatable bonds is 3. The molecule has 0 radical (unpaired) electrons. The van der Waals surface area contributed by atoms with Crippen molar-refractivity contribution in [1.82, 2.24) is 29.6 Å². The summed E-state index contributed by atoms with van der Waals surface area (Å²) in [4.78, 5) is 32.6. The number of carbonyl (C=O) groups excluding carboxylic acids is 1. The van der Waals surface area contributed by atoms with Gasteiger partial charge in [0.25, 0.3) is 0 Å². The first-order valence-corrected chi connectivity index (χ1v) is 10.9. The molecular formula is C21H28N10O. The number of amides is 2. The molecule has 5 rings (SSSR count). The van der Waals surface area contributed by atoms with Crippen molar-refractivity contribution in [2.75, 3.05) is 53.6 Å². The third-order valence-electron chi connectivity index (χ3n) is 6.27. The highest BCUT2D eigenvalue weighted by Gasteiger charge is 2.30. The molecule has 3 aromatic rings. The number of piperazine rings is 1. The van der Waals surface area contributed by atoms with Crippen molar-refractivity contribution in [1.29, 1.82) is 0 Å². The standard InChI is InChI=1S/C21H28N10O/c1-13-12-30(21(32)25-16-5-6-17(24-14(16)2)29-7-4-8-29)9-10-31(13)19-15-11-23-28(3)18(15)26-20(22)27-19/h5-6,11,13H,4,7-10,12H2,1-3H3,(H,25,32)(H2,22,26,27)/t13-/m0/s1. The number of pyridine rings is 1. The molecule has 1 atom stereocenters. The molecule has 2 saturated heterocycles. The molecule has 2 amide bonds. The van der Waals surface area contributed by atoms with Crippen LogP contribution in [0.25, 0.3) is 11.0 Å². The Labute approximate surface area is 186 Å². The maximum absolute atomic E-state index is 13.0. The van der Waals surface area contributed by atoms with E-state index in [4.69, 9.17) is 5.73 Å². The van der Waals surface area contributed by atoms with Crippen LogP contribution in [-0.4, -0.2) is 74.4 Å². The number of nitrogens with two attached hydrogens (primary N) is 1. The zero-order valence-electron chi connectivity index (χ0n) is 18.6. The first-order chi connectivity index (χ1) is 15.4. The summed E-state index contributed by atoms with van der Waals surface area (Å²) in [5.41, 5.74) is 8.22. The Morgan fingerprint density at radius 3 is 2.66 bits per heavy atom. The van der Waals surface area contributed by atoms with Gasteiger partial charge in [-0.3, -0.25) is 4.68 Å². The van der Waals surface area contributed by atoms with Crippen LogP contribution in [0, 0.1) is 6.92 Å². The van der Waals surface area contributed by atoms with E-state index in [-0.39, 0.29) is 18.0 Å². The number of carbonyl (C=O) groups is 1. The molecule has 0 spiro atoms. The van der Waals surface area contributed by atoms with Gasteiger partial charge in [-0.2, -0.15) is 15.1 Å². The highest BCUT2D eigenvalue weighted by atomic mass is 16.2. The van der Waals surface area contributed by atoms with Gasteiger partial charge >= 0.3 is 6.03 Å². The van der Waals surface area contributed by atoms with E-state index in [0.717, 1.165) is 41.5 Å². The predicted molar refractivity (Wildman–Crippen MR) is 124 cm³/mol. The molecule has 0 saturated carbocycles. The van der Waals surface area contributed by atoms with Gasteiger partial charge < -0.3 is 25.8 Å². The summed E-state index contributed by atoms with van der Waals surface area (Å²) in [5, 5.41) is 8.17. The zero-order chi connectivity index (χ0) is 22.4. The molecule has 2 aliphatic heterocycles. The van der Waals surface area contributed by atoms with Crippen LogP contribution in [0.1, 0.15) is 19.0 Å². The Kier molecular flexibility index (Phi) is 4.95. The lowest BCUT2D eigenvalue weighted by Crippen LogP contribution is -2.55. The molecule has 0 aromatic carbocycles. The van der Waals surface area contributed by atoms with Crippen molar-refractivity contribution < 1.29 is 4.79 Å². The third-order valence-corrected chi connectivity index (χ3v) is 6.27. The zero-order valence-corrected chi connectivity index (χ0v) is 18.6. The first kappa shape index (κ1) is 20.3. The van der Waals surface area contributed by atoms with E-state index in [1.807, 2.05) is 31.0 Å². The van der Waals surface area contributed by atoms with Crippen LogP contribution >= 0.6 is 0 Å². The summed E-state index contributed by atoms with van der Waals surface area (Å²) < 4.78 is 1.69. The maximum Gasteiger partial charge on any atom is 0.322 e. The molecule has 168 valence electrons. The number of anilines is 4. The molecule has 0 unspecified atom stereocenters. The van der Waals surface area contributed by atoms with Crippen molar-refractivity contribution in [2.45, 2.75) is 26.3 Å². The second-order valence-electron chi connectivity index (χ2n) is 8.47. The Morgan fingerprint density at radius 2 is 1.97 bits per heavy atom. The fourth-order valence-corrected chi connectivity index (χ4v) is 4.29. The van der Waals surface area contributed by atoms with Gasteiger partial charge in [0.15, 0.2) is 5.65 Å². The molecule has 3 N–H and O–H groups in total. The number of urea groups is 1. The van der Waals surface area contributed by atoms with Gasteiger partial charge in [-0.1, -0.05) is 0 Å². The van der Waals surface area contributed by atoms with Crippen LogP contribution in [0.15, 0.2) is 18.3 Å². The quantitative estimate of drug-likeness (QED) is 0.635. The third kappa shape index (κ3) is 3.53. The van der Waals surface area contributed by atoms with Gasteiger partial charge in [0.05, 0.1) is 23.0 Å². The molecule has 2 aliphatic rings. The highest BCUT2D eigenvalue weighted by Crippen LogP contribution is 2.28. The Hall–Kier alpha value is -3.63. The largest absolute Gasteiger partial charge is 0.368 e. The second-order valence-corrected chi connectivity index (χ2v) is 8.47. The topological polar surface area (TPSA) is 121 Å². The average molecular weight is 437 g/mol. The summed E-state index contributed by atoms with van der Waals surface area (Å²) in [6.07, 6.45) is 2.97. The number of nitrogen functional groups attached to an aromatic ring is 1. The van der Waals surface area contributed by atoms with Gasteiger partial charge in [-0.25, -0.2) is 9.78 Å². The molecule has 5 heterocycles. The number of hydrogen-bond donors (Lipinski definition) is 2. The molecule has 0 aliphatic carbocycles. The molecule has 32 heavy (non-hydrogen) atoms. The summed E-state index contributed by atoms with van der Waals surface area (Å²) >= 11 is 0. The smallest absolute Gasteiger partial charge is 0.322 e. The van der Waals surface area contributed by atoms with Gasteiger partial charge in [-0.15, -0.1) is 0 Å². The lowest BCUT2D eigenvalue weighted by atomic mass is 10.2. The van der Waals surface area contributed by atoms with Crippen molar-refractivity contribution in [3.8, 4) is 0 Å².